The molecule has 4 aliphatic heterocycles. The number of nitrogens with one attached hydrogen (secondary N) is 1. The van der Waals surface area contributed by atoms with Crippen LogP contribution in [0.4, 0.5) is 30.6 Å². The molecule has 2 aromatic carbocycles. The number of likely N-dealkylation sites (tertiary alicyclic amines) is 1. The summed E-state index contributed by atoms with van der Waals surface area (Å²) in [5, 5.41) is 8.94. The van der Waals surface area contributed by atoms with Crippen LogP contribution in [0.25, 0.3) is 22.0 Å². The van der Waals surface area contributed by atoms with Crippen LogP contribution in [0.1, 0.15) is 48.3 Å². The van der Waals surface area contributed by atoms with E-state index in [2.05, 4.69) is 46.5 Å². The van der Waals surface area contributed by atoms with Crippen LogP contribution in [0.5, 0.6) is 5.75 Å². The minimum absolute atomic E-state index is 0.0331. The molecule has 1 aromatic heterocycles. The van der Waals surface area contributed by atoms with Crippen molar-refractivity contribution in [3.63, 3.8) is 0 Å². The van der Waals surface area contributed by atoms with Gasteiger partial charge in [-0.25, -0.2) is 4.98 Å². The molecule has 0 radical (unpaired) electrons. The molecule has 0 atom stereocenters. The lowest BCUT2D eigenvalue weighted by molar-refractivity contribution is -0.153. The number of carbonyl (C=O) groups excluding carboxylic acids is 1. The summed E-state index contributed by atoms with van der Waals surface area (Å²) in [4.78, 5) is 30.9. The van der Waals surface area contributed by atoms with E-state index >= 15 is 0 Å². The molecule has 1 saturated carbocycles. The van der Waals surface area contributed by atoms with Gasteiger partial charge in [0.05, 0.1) is 5.54 Å². The molecule has 1 amide bonds. The third-order valence-electron chi connectivity index (χ3n) is 11.7. The maximum absolute atomic E-state index is 14.0. The third kappa shape index (κ3) is 5.69. The standard InChI is InChI=1S/C38H43F3N8O2/c1-4-29(50)48-18-36(19-48)11-14-47(15-12-36)34-26-16-25(24-7-8-24)31(30-23(2)6-9-28(43)27(30)17-42)33(51-22-38(39,40)41)32(26)44-35(45-34)49-20-37(21-49)10-5-13-46(37)3/h4-6,9-10,16-17,24,42H,1,7-8,11-15,18-22,43H2,2-3H3. The minimum atomic E-state index is -4.60. The van der Waals surface area contributed by atoms with Crippen LogP contribution in [0.15, 0.2) is 43.0 Å². The van der Waals surface area contributed by atoms with Crippen LogP contribution in [0, 0.1) is 17.7 Å². The van der Waals surface area contributed by atoms with E-state index in [-0.39, 0.29) is 28.5 Å². The number of nitrogen functional groups attached to an aromatic ring is 1. The van der Waals surface area contributed by atoms with Crippen molar-refractivity contribution >= 4 is 40.5 Å². The Kier molecular flexibility index (Phi) is 7.86. The lowest BCUT2D eigenvalue weighted by atomic mass is 9.72. The number of fused-ring (bicyclic) bond motifs is 1. The average molecular weight is 701 g/mol. The molecule has 1 aliphatic carbocycles. The van der Waals surface area contributed by atoms with Gasteiger partial charge in [0.25, 0.3) is 0 Å². The van der Waals surface area contributed by atoms with Gasteiger partial charge in [0, 0.05) is 79.6 Å². The summed E-state index contributed by atoms with van der Waals surface area (Å²) in [6.45, 7) is 8.92. The van der Waals surface area contributed by atoms with Crippen molar-refractivity contribution in [2.45, 2.75) is 50.2 Å². The van der Waals surface area contributed by atoms with Crippen LogP contribution < -0.4 is 20.3 Å². The number of hydrogen-bond acceptors (Lipinski definition) is 9. The number of benzene rings is 2. The van der Waals surface area contributed by atoms with Crippen molar-refractivity contribution < 1.29 is 22.7 Å². The van der Waals surface area contributed by atoms with Crippen molar-refractivity contribution in [3.05, 3.63) is 59.7 Å². The van der Waals surface area contributed by atoms with Crippen LogP contribution in [-0.2, 0) is 4.79 Å². The number of rotatable bonds is 8. The summed E-state index contributed by atoms with van der Waals surface area (Å²) < 4.78 is 48.0. The van der Waals surface area contributed by atoms with Gasteiger partial charge in [-0.15, -0.1) is 0 Å². The second-order valence-electron chi connectivity index (χ2n) is 15.1. The Morgan fingerprint density at radius 2 is 1.84 bits per heavy atom. The molecule has 3 saturated heterocycles. The number of aromatic nitrogens is 2. The predicted molar refractivity (Wildman–Crippen MR) is 193 cm³/mol. The lowest BCUT2D eigenvalue weighted by Crippen LogP contribution is -2.67. The lowest BCUT2D eigenvalue weighted by Gasteiger charge is -2.54. The van der Waals surface area contributed by atoms with Crippen molar-refractivity contribution in [1.29, 1.82) is 5.41 Å². The Morgan fingerprint density at radius 3 is 2.45 bits per heavy atom. The van der Waals surface area contributed by atoms with Crippen LogP contribution in [0.2, 0.25) is 0 Å². The highest BCUT2D eigenvalue weighted by Crippen LogP contribution is 2.53. The molecule has 3 N–H and O–H groups in total. The van der Waals surface area contributed by atoms with Crippen LogP contribution in [0.3, 0.4) is 0 Å². The Balaban J connectivity index is 1.30. The molecular weight excluding hydrogens is 657 g/mol. The van der Waals surface area contributed by atoms with Crippen molar-refractivity contribution in [2.24, 2.45) is 5.41 Å². The molecule has 268 valence electrons. The zero-order chi connectivity index (χ0) is 35.9. The van der Waals surface area contributed by atoms with Gasteiger partial charge < -0.3 is 30.6 Å². The monoisotopic (exact) mass is 700 g/mol. The van der Waals surface area contributed by atoms with Crippen molar-refractivity contribution in [1.82, 2.24) is 19.8 Å². The number of piperidine rings is 1. The number of nitrogens with zero attached hydrogens (tertiary/aromatic N) is 6. The maximum atomic E-state index is 14.0. The zero-order valence-electron chi connectivity index (χ0n) is 29.0. The molecule has 13 heteroatoms. The van der Waals surface area contributed by atoms with E-state index in [1.54, 1.807) is 6.07 Å². The van der Waals surface area contributed by atoms with Crippen molar-refractivity contribution in [3.8, 4) is 16.9 Å². The minimum Gasteiger partial charge on any atom is -0.481 e. The quantitative estimate of drug-likeness (QED) is 0.134. The molecule has 2 spiro atoms. The summed E-state index contributed by atoms with van der Waals surface area (Å²) >= 11 is 0. The van der Waals surface area contributed by atoms with E-state index < -0.39 is 12.8 Å². The second kappa shape index (κ2) is 12.0. The Labute approximate surface area is 295 Å². The number of amides is 1. The Bertz CT molecular complexity index is 1970. The number of carbonyl (C=O) groups is 1. The highest BCUT2D eigenvalue weighted by Gasteiger charge is 2.49. The molecular formula is C38H43F3N8O2. The summed E-state index contributed by atoms with van der Waals surface area (Å²) in [5.74, 6) is 1.23. The van der Waals surface area contributed by atoms with E-state index in [4.69, 9.17) is 25.8 Å². The van der Waals surface area contributed by atoms with Crippen molar-refractivity contribution in [2.75, 3.05) is 75.0 Å². The highest BCUT2D eigenvalue weighted by molar-refractivity contribution is 6.05. The molecule has 5 heterocycles. The first-order chi connectivity index (χ1) is 24.3. The van der Waals surface area contributed by atoms with E-state index in [1.165, 1.54) is 12.3 Å². The van der Waals surface area contributed by atoms with Gasteiger partial charge in [-0.1, -0.05) is 24.8 Å². The van der Waals surface area contributed by atoms with Gasteiger partial charge in [-0.05, 0) is 80.5 Å². The normalized spacial score (nSPS) is 20.9. The zero-order valence-corrected chi connectivity index (χ0v) is 29.0. The fourth-order valence-corrected chi connectivity index (χ4v) is 8.51. The van der Waals surface area contributed by atoms with Gasteiger partial charge in [0.15, 0.2) is 12.4 Å². The fraction of sp³-hybridized carbons (Fsp3) is 0.474. The molecule has 4 fully saturated rings. The smallest absolute Gasteiger partial charge is 0.422 e. The maximum Gasteiger partial charge on any atom is 0.422 e. The van der Waals surface area contributed by atoms with Gasteiger partial charge in [-0.3, -0.25) is 9.69 Å². The topological polar surface area (TPSA) is 115 Å². The highest BCUT2D eigenvalue weighted by atomic mass is 19.4. The molecule has 8 rings (SSSR count). The average Bonchev–Trinajstić information content (AvgIpc) is 3.85. The number of anilines is 3. The molecule has 5 aliphatic rings. The second-order valence-corrected chi connectivity index (χ2v) is 15.1. The molecule has 0 unspecified atom stereocenters. The molecule has 10 nitrogen and oxygen atoms in total. The predicted octanol–water partition coefficient (Wildman–Crippen LogP) is 5.68. The number of nitrogens with two attached hydrogens (primary N) is 1. The van der Waals surface area contributed by atoms with Gasteiger partial charge in [0.2, 0.25) is 11.9 Å². The van der Waals surface area contributed by atoms with E-state index in [9.17, 15) is 18.0 Å². The summed E-state index contributed by atoms with van der Waals surface area (Å²) in [7, 11) is 2.08. The number of aryl methyl sites for hydroxylation is 1. The number of halogens is 3. The Morgan fingerprint density at radius 1 is 1.12 bits per heavy atom. The van der Waals surface area contributed by atoms with Gasteiger partial charge >= 0.3 is 6.18 Å². The van der Waals surface area contributed by atoms with Crippen LogP contribution >= 0.6 is 0 Å². The molecule has 51 heavy (non-hydrogen) atoms. The number of alkyl halides is 3. The molecule has 0 bridgehead atoms. The van der Waals surface area contributed by atoms with Crippen LogP contribution in [-0.4, -0.2) is 103 Å². The Hall–Kier alpha value is -4.65. The first kappa shape index (κ1) is 33.5. The van der Waals surface area contributed by atoms with Gasteiger partial charge in [0.1, 0.15) is 11.3 Å². The first-order valence-corrected chi connectivity index (χ1v) is 17.6. The number of hydrogen-bond donors (Lipinski definition) is 2. The summed E-state index contributed by atoms with van der Waals surface area (Å²) in [6.07, 6.45) is 5.78. The number of ether oxygens (including phenoxy) is 1. The summed E-state index contributed by atoms with van der Waals surface area (Å²) in [5.41, 5.74) is 10.2. The van der Waals surface area contributed by atoms with E-state index in [1.807, 2.05) is 17.9 Å². The fourth-order valence-electron chi connectivity index (χ4n) is 8.51. The van der Waals surface area contributed by atoms with Gasteiger partial charge in [-0.2, -0.15) is 18.2 Å². The van der Waals surface area contributed by atoms with E-state index in [0.717, 1.165) is 43.4 Å². The summed E-state index contributed by atoms with van der Waals surface area (Å²) in [6, 6.07) is 5.61. The number of likely N-dealkylation sites (N-methyl/N-ethyl adjacent to an activating group) is 1. The molecule has 3 aromatic rings. The van der Waals surface area contributed by atoms with E-state index in [0.29, 0.717) is 84.3 Å². The SMILES string of the molecule is C=CC(=O)N1CC2(CCN(c3nc(N4CC5(C=CCN5C)C4)nc4c(OCC(F)(F)F)c(-c5c(C)ccc(N)c5C=N)c(C5CC5)cc34)CC2)C1. The third-order valence-corrected chi connectivity index (χ3v) is 11.7. The first-order valence-electron chi connectivity index (χ1n) is 17.6. The largest absolute Gasteiger partial charge is 0.481 e.